The van der Waals surface area contributed by atoms with Crippen molar-refractivity contribution in [2.75, 3.05) is 31.1 Å². The maximum atomic E-state index is 12.3. The Balaban J connectivity index is 1.59. The molecule has 1 aliphatic heterocycles. The highest BCUT2D eigenvalue weighted by Gasteiger charge is 2.10. The highest BCUT2D eigenvalue weighted by Crippen LogP contribution is 2.16. The Morgan fingerprint density at radius 2 is 1.80 bits per heavy atom. The van der Waals surface area contributed by atoms with Gasteiger partial charge in [0.25, 0.3) is 0 Å². The predicted octanol–water partition coefficient (Wildman–Crippen LogP) is 3.86. The maximum Gasteiger partial charge on any atom is 0.185 e. The van der Waals surface area contributed by atoms with Crippen molar-refractivity contribution < 1.29 is 4.79 Å². The molecule has 3 rings (SSSR count). The predicted molar refractivity (Wildman–Crippen MR) is 105 cm³/mol. The van der Waals surface area contributed by atoms with Gasteiger partial charge in [-0.25, -0.2) is 0 Å². The second kappa shape index (κ2) is 8.45. The number of benzene rings is 2. The number of carbonyl (C=O) groups is 1. The largest absolute Gasteiger partial charge is 0.369 e. The van der Waals surface area contributed by atoms with E-state index in [0.717, 1.165) is 37.3 Å². The number of aryl methyl sites for hydroxylation is 1. The number of nitrogens with zero attached hydrogens (tertiary/aromatic N) is 1. The topological polar surface area (TPSA) is 32.3 Å². The van der Waals surface area contributed by atoms with Gasteiger partial charge in [0.15, 0.2) is 5.78 Å². The lowest BCUT2D eigenvalue weighted by molar-refractivity contribution is 0.104. The van der Waals surface area contributed by atoms with E-state index in [4.69, 9.17) is 0 Å². The van der Waals surface area contributed by atoms with Gasteiger partial charge in [-0.05, 0) is 42.8 Å². The number of hydrogen-bond donors (Lipinski definition) is 1. The Morgan fingerprint density at radius 3 is 2.52 bits per heavy atom. The van der Waals surface area contributed by atoms with Crippen molar-refractivity contribution in [3.8, 4) is 0 Å². The first-order chi connectivity index (χ1) is 12.2. The summed E-state index contributed by atoms with van der Waals surface area (Å²) in [5.74, 6) is 0.0285. The van der Waals surface area contributed by atoms with Crippen LogP contribution in [0.1, 0.15) is 21.5 Å². The second-order valence-corrected chi connectivity index (χ2v) is 6.28. The van der Waals surface area contributed by atoms with Crippen molar-refractivity contribution >= 4 is 17.5 Å². The molecule has 25 heavy (non-hydrogen) atoms. The maximum absolute atomic E-state index is 12.3. The molecule has 0 spiro atoms. The molecule has 2 aromatic carbocycles. The molecule has 3 nitrogen and oxygen atoms in total. The standard InChI is InChI=1S/C22H24N2O/c1-18-5-4-7-19(17-18)6-2-3-8-22(25)20-9-11-21(12-10-20)24-15-13-23-14-16-24/h2-12,17,23H,13-16H2,1H3/b6-2+,8-3+. The third-order valence-electron chi connectivity index (χ3n) is 4.32. The van der Waals surface area contributed by atoms with Crippen molar-refractivity contribution in [1.82, 2.24) is 5.32 Å². The van der Waals surface area contributed by atoms with Crippen LogP contribution in [0.4, 0.5) is 5.69 Å². The first-order valence-corrected chi connectivity index (χ1v) is 8.74. The van der Waals surface area contributed by atoms with Crippen LogP contribution in [0.3, 0.4) is 0 Å². The summed E-state index contributed by atoms with van der Waals surface area (Å²) in [6.45, 7) is 6.11. The Bertz CT molecular complexity index is 769. The monoisotopic (exact) mass is 332 g/mol. The van der Waals surface area contributed by atoms with Crippen LogP contribution in [0, 0.1) is 6.92 Å². The van der Waals surface area contributed by atoms with E-state index in [1.165, 1.54) is 11.3 Å². The van der Waals surface area contributed by atoms with Gasteiger partial charge in [-0.3, -0.25) is 4.79 Å². The van der Waals surface area contributed by atoms with E-state index in [-0.39, 0.29) is 5.78 Å². The molecule has 0 aliphatic carbocycles. The van der Waals surface area contributed by atoms with Gasteiger partial charge in [0, 0.05) is 37.4 Å². The average molecular weight is 332 g/mol. The Labute approximate surface area is 149 Å². The van der Waals surface area contributed by atoms with Crippen LogP contribution in [-0.2, 0) is 0 Å². The zero-order valence-electron chi connectivity index (χ0n) is 14.6. The van der Waals surface area contributed by atoms with E-state index < -0.39 is 0 Å². The lowest BCUT2D eigenvalue weighted by Gasteiger charge is -2.29. The molecule has 0 amide bonds. The van der Waals surface area contributed by atoms with Gasteiger partial charge < -0.3 is 10.2 Å². The normalized spacial score (nSPS) is 15.2. The number of carbonyl (C=O) groups excluding carboxylic acids is 1. The fraction of sp³-hybridized carbons (Fsp3) is 0.227. The van der Waals surface area contributed by atoms with E-state index in [1.807, 2.05) is 48.6 Å². The molecule has 1 N–H and O–H groups in total. The molecule has 0 aromatic heterocycles. The first kappa shape index (κ1) is 17.2. The zero-order valence-corrected chi connectivity index (χ0v) is 14.6. The highest BCUT2D eigenvalue weighted by atomic mass is 16.1. The highest BCUT2D eigenvalue weighted by molar-refractivity contribution is 6.04. The van der Waals surface area contributed by atoms with Crippen LogP contribution in [-0.4, -0.2) is 32.0 Å². The van der Waals surface area contributed by atoms with Gasteiger partial charge in [-0.15, -0.1) is 0 Å². The van der Waals surface area contributed by atoms with Gasteiger partial charge >= 0.3 is 0 Å². The van der Waals surface area contributed by atoms with Crippen LogP contribution < -0.4 is 10.2 Å². The number of rotatable bonds is 5. The molecule has 1 aliphatic rings. The molecule has 1 fully saturated rings. The summed E-state index contributed by atoms with van der Waals surface area (Å²) in [4.78, 5) is 14.6. The molecular formula is C22H24N2O. The first-order valence-electron chi connectivity index (χ1n) is 8.74. The molecule has 3 heteroatoms. The molecule has 1 heterocycles. The van der Waals surface area contributed by atoms with Gasteiger partial charge in [0.2, 0.25) is 0 Å². The summed E-state index contributed by atoms with van der Waals surface area (Å²) >= 11 is 0. The van der Waals surface area contributed by atoms with Crippen molar-refractivity contribution in [2.24, 2.45) is 0 Å². The van der Waals surface area contributed by atoms with Crippen LogP contribution in [0.5, 0.6) is 0 Å². The number of anilines is 1. The summed E-state index contributed by atoms with van der Waals surface area (Å²) in [5.41, 5.74) is 4.27. The van der Waals surface area contributed by atoms with Gasteiger partial charge in [0.05, 0.1) is 0 Å². The molecule has 1 saturated heterocycles. The van der Waals surface area contributed by atoms with Crippen LogP contribution >= 0.6 is 0 Å². The number of ketones is 1. The second-order valence-electron chi connectivity index (χ2n) is 6.28. The molecule has 0 bridgehead atoms. The minimum atomic E-state index is 0.0285. The Morgan fingerprint density at radius 1 is 1.04 bits per heavy atom. The minimum absolute atomic E-state index is 0.0285. The van der Waals surface area contributed by atoms with Gasteiger partial charge in [-0.1, -0.05) is 48.1 Å². The molecule has 0 radical (unpaired) electrons. The van der Waals surface area contributed by atoms with E-state index in [9.17, 15) is 4.79 Å². The number of allylic oxidation sites excluding steroid dienone is 3. The Hall–Kier alpha value is -2.65. The molecule has 0 atom stereocenters. The van der Waals surface area contributed by atoms with Crippen molar-refractivity contribution in [2.45, 2.75) is 6.92 Å². The fourth-order valence-electron chi connectivity index (χ4n) is 2.94. The summed E-state index contributed by atoms with van der Waals surface area (Å²) < 4.78 is 0. The van der Waals surface area contributed by atoms with Crippen molar-refractivity contribution in [3.05, 3.63) is 83.4 Å². The van der Waals surface area contributed by atoms with Crippen molar-refractivity contribution in [1.29, 1.82) is 0 Å². The third-order valence-corrected chi connectivity index (χ3v) is 4.32. The smallest absolute Gasteiger partial charge is 0.185 e. The zero-order chi connectivity index (χ0) is 17.5. The number of piperazine rings is 1. The number of nitrogens with one attached hydrogen (secondary N) is 1. The average Bonchev–Trinajstić information content (AvgIpc) is 2.66. The molecule has 0 saturated carbocycles. The molecular weight excluding hydrogens is 308 g/mol. The van der Waals surface area contributed by atoms with Gasteiger partial charge in [0.1, 0.15) is 0 Å². The third kappa shape index (κ3) is 4.91. The summed E-state index contributed by atoms with van der Waals surface area (Å²) in [7, 11) is 0. The van der Waals surface area contributed by atoms with E-state index in [2.05, 4.69) is 29.3 Å². The molecule has 0 unspecified atom stereocenters. The van der Waals surface area contributed by atoms with Crippen LogP contribution in [0.2, 0.25) is 0 Å². The molecule has 2 aromatic rings. The van der Waals surface area contributed by atoms with Crippen LogP contribution in [0.15, 0.2) is 66.8 Å². The fourth-order valence-corrected chi connectivity index (χ4v) is 2.94. The molecule has 128 valence electrons. The lowest BCUT2D eigenvalue weighted by Crippen LogP contribution is -2.43. The van der Waals surface area contributed by atoms with Crippen molar-refractivity contribution in [3.63, 3.8) is 0 Å². The summed E-state index contributed by atoms with van der Waals surface area (Å²) in [6, 6.07) is 16.2. The van der Waals surface area contributed by atoms with E-state index in [1.54, 1.807) is 12.2 Å². The SMILES string of the molecule is Cc1cccc(/C=C/C=C/C(=O)c2ccc(N3CCNCC3)cc2)c1. The van der Waals surface area contributed by atoms with E-state index in [0.29, 0.717) is 0 Å². The summed E-state index contributed by atoms with van der Waals surface area (Å²) in [5, 5.41) is 3.35. The van der Waals surface area contributed by atoms with Crippen LogP contribution in [0.25, 0.3) is 6.08 Å². The number of hydrogen-bond acceptors (Lipinski definition) is 3. The van der Waals surface area contributed by atoms with Gasteiger partial charge in [-0.2, -0.15) is 0 Å². The minimum Gasteiger partial charge on any atom is -0.369 e. The summed E-state index contributed by atoms with van der Waals surface area (Å²) in [6.07, 6.45) is 7.33. The quantitative estimate of drug-likeness (QED) is 0.513. The van der Waals surface area contributed by atoms with E-state index >= 15 is 0 Å². The Kier molecular flexibility index (Phi) is 5.81. The lowest BCUT2D eigenvalue weighted by atomic mass is 10.1.